The molecular formula is C33H39NO5. The van der Waals surface area contributed by atoms with E-state index in [1.165, 1.54) is 6.92 Å². The van der Waals surface area contributed by atoms with Crippen LogP contribution < -0.4 is 5.32 Å². The predicted octanol–water partition coefficient (Wildman–Crippen LogP) is 6.08. The number of benzene rings is 3. The minimum Gasteiger partial charge on any atom is -0.458 e. The van der Waals surface area contributed by atoms with Crippen LogP contribution in [-0.4, -0.2) is 29.0 Å². The fraction of sp³-hybridized carbons (Fsp3) is 0.364. The van der Waals surface area contributed by atoms with Gasteiger partial charge in [0.05, 0.1) is 0 Å². The molecule has 0 fully saturated rings. The summed E-state index contributed by atoms with van der Waals surface area (Å²) >= 11 is 0. The van der Waals surface area contributed by atoms with Crippen molar-refractivity contribution in [2.45, 2.75) is 77.5 Å². The molecule has 0 aromatic heterocycles. The summed E-state index contributed by atoms with van der Waals surface area (Å²) in [5.41, 5.74) is 0.148. The van der Waals surface area contributed by atoms with Gasteiger partial charge < -0.3 is 14.8 Å². The Hall–Kier alpha value is -3.93. The summed E-state index contributed by atoms with van der Waals surface area (Å²) in [5, 5.41) is 2.63. The molecule has 0 spiro atoms. The third-order valence-electron chi connectivity index (χ3n) is 6.20. The number of amides is 1. The molecule has 0 radical (unpaired) electrons. The highest BCUT2D eigenvalue weighted by molar-refractivity contribution is 6.08. The number of carbonyl (C=O) groups excluding carboxylic acids is 3. The first-order valence-corrected chi connectivity index (χ1v) is 13.1. The molecule has 1 atom stereocenters. The normalized spacial score (nSPS) is 13.3. The Morgan fingerprint density at radius 3 is 1.62 bits per heavy atom. The van der Waals surface area contributed by atoms with Crippen molar-refractivity contribution in [1.82, 2.24) is 5.32 Å². The van der Waals surface area contributed by atoms with Crippen LogP contribution >= 0.6 is 0 Å². The Labute approximate surface area is 231 Å². The molecule has 1 amide bonds. The topological polar surface area (TPSA) is 81.7 Å². The van der Waals surface area contributed by atoms with Gasteiger partial charge in [0, 0.05) is 13.3 Å². The number of hydrogen-bond acceptors (Lipinski definition) is 5. The molecule has 0 aliphatic carbocycles. The van der Waals surface area contributed by atoms with E-state index in [-0.39, 0.29) is 11.8 Å². The van der Waals surface area contributed by atoms with Crippen molar-refractivity contribution in [3.63, 3.8) is 0 Å². The first kappa shape index (κ1) is 29.6. The van der Waals surface area contributed by atoms with Crippen molar-refractivity contribution < 1.29 is 23.9 Å². The zero-order chi connectivity index (χ0) is 28.8. The Morgan fingerprint density at radius 2 is 1.21 bits per heavy atom. The summed E-state index contributed by atoms with van der Waals surface area (Å²) in [6.45, 7) is 12.7. The predicted molar refractivity (Wildman–Crippen MR) is 152 cm³/mol. The lowest BCUT2D eigenvalue weighted by Crippen LogP contribution is -2.63. The Kier molecular flexibility index (Phi) is 9.00. The minimum atomic E-state index is -2.11. The van der Waals surface area contributed by atoms with Crippen molar-refractivity contribution in [1.29, 1.82) is 0 Å². The van der Waals surface area contributed by atoms with Crippen LogP contribution in [0.15, 0.2) is 84.9 Å². The molecule has 3 aromatic rings. The first-order chi connectivity index (χ1) is 18.2. The van der Waals surface area contributed by atoms with Crippen LogP contribution in [0.3, 0.4) is 0 Å². The quantitative estimate of drug-likeness (QED) is 0.283. The second-order valence-corrected chi connectivity index (χ2v) is 11.8. The highest BCUT2D eigenvalue weighted by Crippen LogP contribution is 2.31. The molecule has 3 aromatic carbocycles. The smallest absolute Gasteiger partial charge is 0.345 e. The van der Waals surface area contributed by atoms with Gasteiger partial charge in [-0.2, -0.15) is 0 Å². The Balaban J connectivity index is 2.11. The lowest BCUT2D eigenvalue weighted by Gasteiger charge is -2.34. The standard InChI is InChI=1S/C33H39NO5/c1-23(35)34-33(30(37)39-32(5,6)7,22-24-18-20-27(21-19-24)31(2,3)4)29(36)38-28(25-14-10-8-11-15-25)26-16-12-9-13-17-26/h8-21,28H,22H2,1-7H3,(H,34,35). The van der Waals surface area contributed by atoms with Crippen LogP contribution in [0.2, 0.25) is 0 Å². The van der Waals surface area contributed by atoms with Gasteiger partial charge >= 0.3 is 11.9 Å². The molecule has 6 heteroatoms. The highest BCUT2D eigenvalue weighted by Gasteiger charge is 2.52. The third kappa shape index (κ3) is 7.79. The molecule has 0 saturated carbocycles. The minimum absolute atomic E-state index is 0.0735. The second-order valence-electron chi connectivity index (χ2n) is 11.8. The van der Waals surface area contributed by atoms with Crippen molar-refractivity contribution in [3.8, 4) is 0 Å². The fourth-order valence-corrected chi connectivity index (χ4v) is 4.26. The molecule has 1 N–H and O–H groups in total. The fourth-order valence-electron chi connectivity index (χ4n) is 4.26. The van der Waals surface area contributed by atoms with Gasteiger partial charge in [0.2, 0.25) is 11.4 Å². The number of ether oxygens (including phenoxy) is 2. The van der Waals surface area contributed by atoms with E-state index in [2.05, 4.69) is 26.1 Å². The molecule has 0 saturated heterocycles. The van der Waals surface area contributed by atoms with Crippen molar-refractivity contribution in [3.05, 3.63) is 107 Å². The molecule has 0 aliphatic rings. The van der Waals surface area contributed by atoms with Gasteiger partial charge in [-0.3, -0.25) is 4.79 Å². The van der Waals surface area contributed by atoms with E-state index in [9.17, 15) is 14.4 Å². The summed E-state index contributed by atoms with van der Waals surface area (Å²) in [7, 11) is 0. The SMILES string of the molecule is CC(=O)NC(Cc1ccc(C(C)(C)C)cc1)(C(=O)OC(c1ccccc1)c1ccccc1)C(=O)OC(C)(C)C. The van der Waals surface area contributed by atoms with Crippen molar-refractivity contribution in [2.24, 2.45) is 0 Å². The zero-order valence-electron chi connectivity index (χ0n) is 23.9. The number of nitrogens with one attached hydrogen (secondary N) is 1. The molecule has 1 unspecified atom stereocenters. The van der Waals surface area contributed by atoms with Crippen molar-refractivity contribution in [2.75, 3.05) is 0 Å². The lowest BCUT2D eigenvalue weighted by molar-refractivity contribution is -0.177. The van der Waals surface area contributed by atoms with E-state index in [1.54, 1.807) is 20.8 Å². The van der Waals surface area contributed by atoms with E-state index in [0.717, 1.165) is 16.7 Å². The number of carbonyl (C=O) groups is 3. The molecule has 0 heterocycles. The van der Waals surface area contributed by atoms with Crippen LogP contribution in [-0.2, 0) is 35.7 Å². The average Bonchev–Trinajstić information content (AvgIpc) is 2.86. The lowest BCUT2D eigenvalue weighted by atomic mass is 9.84. The maximum atomic E-state index is 14.2. The van der Waals surface area contributed by atoms with Gasteiger partial charge in [-0.05, 0) is 48.4 Å². The monoisotopic (exact) mass is 529 g/mol. The van der Waals surface area contributed by atoms with E-state index >= 15 is 0 Å². The van der Waals surface area contributed by atoms with Crippen LogP contribution in [0.25, 0.3) is 0 Å². The number of hydrogen-bond donors (Lipinski definition) is 1. The van der Waals surface area contributed by atoms with E-state index in [0.29, 0.717) is 5.56 Å². The molecule has 0 aliphatic heterocycles. The van der Waals surface area contributed by atoms with Crippen molar-refractivity contribution >= 4 is 17.8 Å². The molecule has 6 nitrogen and oxygen atoms in total. The summed E-state index contributed by atoms with van der Waals surface area (Å²) in [6, 6.07) is 26.2. The van der Waals surface area contributed by atoms with Gasteiger partial charge in [0.25, 0.3) is 0 Å². The molecular weight excluding hydrogens is 490 g/mol. The van der Waals surface area contributed by atoms with Gasteiger partial charge in [0.1, 0.15) is 5.60 Å². The number of rotatable bonds is 8. The summed E-state index contributed by atoms with van der Waals surface area (Å²) in [5.74, 6) is -2.33. The highest BCUT2D eigenvalue weighted by atomic mass is 16.6. The maximum absolute atomic E-state index is 14.2. The van der Waals surface area contributed by atoms with Gasteiger partial charge in [-0.1, -0.05) is 106 Å². The zero-order valence-corrected chi connectivity index (χ0v) is 23.9. The Morgan fingerprint density at radius 1 is 0.718 bits per heavy atom. The third-order valence-corrected chi connectivity index (χ3v) is 6.20. The average molecular weight is 530 g/mol. The molecule has 0 bridgehead atoms. The maximum Gasteiger partial charge on any atom is 0.345 e. The van der Waals surface area contributed by atoms with Crippen LogP contribution in [0, 0.1) is 0 Å². The van der Waals surface area contributed by atoms with E-state index < -0.39 is 35.1 Å². The second kappa shape index (κ2) is 11.9. The largest absolute Gasteiger partial charge is 0.458 e. The number of esters is 2. The van der Waals surface area contributed by atoms with Gasteiger partial charge in [-0.25, -0.2) is 9.59 Å². The molecule has 3 rings (SSSR count). The van der Waals surface area contributed by atoms with Gasteiger partial charge in [-0.15, -0.1) is 0 Å². The summed E-state index contributed by atoms with van der Waals surface area (Å²) < 4.78 is 11.8. The van der Waals surface area contributed by atoms with Crippen LogP contribution in [0.1, 0.15) is 76.8 Å². The molecule has 39 heavy (non-hydrogen) atoms. The molecule has 206 valence electrons. The van der Waals surface area contributed by atoms with E-state index in [4.69, 9.17) is 9.47 Å². The van der Waals surface area contributed by atoms with E-state index in [1.807, 2.05) is 84.9 Å². The Bertz CT molecular complexity index is 1230. The van der Waals surface area contributed by atoms with Gasteiger partial charge in [0.15, 0.2) is 6.10 Å². The summed E-state index contributed by atoms with van der Waals surface area (Å²) in [6.07, 6.45) is -0.945. The summed E-state index contributed by atoms with van der Waals surface area (Å²) in [4.78, 5) is 40.5. The first-order valence-electron chi connectivity index (χ1n) is 13.1. The van der Waals surface area contributed by atoms with Crippen LogP contribution in [0.5, 0.6) is 0 Å². The van der Waals surface area contributed by atoms with Crippen LogP contribution in [0.4, 0.5) is 0 Å².